The number of rotatable bonds is 6. The predicted molar refractivity (Wildman–Crippen MR) is 93.3 cm³/mol. The highest BCUT2D eigenvalue weighted by Gasteiger charge is 2.00. The summed E-state index contributed by atoms with van der Waals surface area (Å²) in [6.45, 7) is 1.60. The molecule has 2 N–H and O–H groups in total. The maximum atomic E-state index is 11.4. The Kier molecular flexibility index (Phi) is 5.00. The number of benzene rings is 2. The Morgan fingerprint density at radius 2 is 1.57 bits per heavy atom. The van der Waals surface area contributed by atoms with Crippen LogP contribution in [0.4, 0.5) is 0 Å². The molecule has 2 aromatic carbocycles. The summed E-state index contributed by atoms with van der Waals surface area (Å²) >= 11 is 0. The number of nitrogens with one attached hydrogen (secondary N) is 2. The Hall–Kier alpha value is -2.24. The highest BCUT2D eigenvalue weighted by molar-refractivity contribution is 7.84. The third-order valence-electron chi connectivity index (χ3n) is 3.68. The SMILES string of the molecule is CS(=O)c1ccc(CNCc2ccc(-c3ccn[nH]3)cc2)cc1. The second-order valence-electron chi connectivity index (χ2n) is 5.37. The van der Waals surface area contributed by atoms with Crippen molar-refractivity contribution in [2.45, 2.75) is 18.0 Å². The lowest BCUT2D eigenvalue weighted by Gasteiger charge is -2.07. The number of hydrogen-bond donors (Lipinski definition) is 2. The summed E-state index contributed by atoms with van der Waals surface area (Å²) < 4.78 is 11.4. The number of aromatic nitrogens is 2. The molecule has 4 nitrogen and oxygen atoms in total. The van der Waals surface area contributed by atoms with Crippen LogP contribution in [0.15, 0.2) is 65.7 Å². The third kappa shape index (κ3) is 4.15. The van der Waals surface area contributed by atoms with Gasteiger partial charge < -0.3 is 5.32 Å². The molecular weight excluding hydrogens is 306 g/mol. The van der Waals surface area contributed by atoms with Crippen LogP contribution >= 0.6 is 0 Å². The highest BCUT2D eigenvalue weighted by atomic mass is 32.2. The average molecular weight is 325 g/mol. The number of hydrogen-bond acceptors (Lipinski definition) is 3. The first-order valence-electron chi connectivity index (χ1n) is 7.44. The van der Waals surface area contributed by atoms with E-state index < -0.39 is 10.8 Å². The van der Waals surface area contributed by atoms with Crippen LogP contribution in [0.3, 0.4) is 0 Å². The molecule has 0 radical (unpaired) electrons. The summed E-state index contributed by atoms with van der Waals surface area (Å²) in [6.07, 6.45) is 3.45. The molecule has 0 saturated heterocycles. The van der Waals surface area contributed by atoms with Crippen molar-refractivity contribution < 1.29 is 4.21 Å². The molecule has 1 aromatic heterocycles. The lowest BCUT2D eigenvalue weighted by Crippen LogP contribution is -2.12. The standard InChI is InChI=1S/C18H19N3OS/c1-23(22)17-8-4-15(5-9-17)13-19-12-14-2-6-16(7-3-14)18-10-11-20-21-18/h2-11,19H,12-13H2,1H3,(H,20,21). The highest BCUT2D eigenvalue weighted by Crippen LogP contribution is 2.16. The van der Waals surface area contributed by atoms with Gasteiger partial charge in [0.2, 0.25) is 0 Å². The topological polar surface area (TPSA) is 57.8 Å². The van der Waals surface area contributed by atoms with E-state index in [0.29, 0.717) is 0 Å². The van der Waals surface area contributed by atoms with Crippen molar-refractivity contribution in [3.05, 3.63) is 71.9 Å². The smallest absolute Gasteiger partial charge is 0.0650 e. The maximum Gasteiger partial charge on any atom is 0.0650 e. The Labute approximate surface area is 138 Å². The Balaban J connectivity index is 1.53. The van der Waals surface area contributed by atoms with E-state index in [4.69, 9.17) is 0 Å². The number of nitrogens with zero attached hydrogens (tertiary/aromatic N) is 1. The van der Waals surface area contributed by atoms with Gasteiger partial charge in [-0.3, -0.25) is 9.31 Å². The van der Waals surface area contributed by atoms with E-state index in [0.717, 1.165) is 29.2 Å². The fourth-order valence-corrected chi connectivity index (χ4v) is 2.89. The van der Waals surface area contributed by atoms with Crippen LogP contribution in [-0.2, 0) is 23.9 Å². The van der Waals surface area contributed by atoms with E-state index in [1.807, 2.05) is 30.3 Å². The van der Waals surface area contributed by atoms with Crippen molar-refractivity contribution in [2.24, 2.45) is 0 Å². The monoisotopic (exact) mass is 325 g/mol. The first-order valence-corrected chi connectivity index (χ1v) is 9.00. The lowest BCUT2D eigenvalue weighted by molar-refractivity contribution is 0.685. The molecule has 0 bridgehead atoms. The lowest BCUT2D eigenvalue weighted by atomic mass is 10.1. The molecule has 3 rings (SSSR count). The van der Waals surface area contributed by atoms with Crippen LogP contribution in [-0.4, -0.2) is 20.7 Å². The van der Waals surface area contributed by atoms with E-state index in [2.05, 4.69) is 39.8 Å². The summed E-state index contributed by atoms with van der Waals surface area (Å²) in [5, 5.41) is 10.4. The van der Waals surface area contributed by atoms with Crippen LogP contribution in [0.1, 0.15) is 11.1 Å². The molecule has 1 atom stereocenters. The van der Waals surface area contributed by atoms with E-state index in [9.17, 15) is 4.21 Å². The van der Waals surface area contributed by atoms with Crippen molar-refractivity contribution >= 4 is 10.8 Å². The van der Waals surface area contributed by atoms with Gasteiger partial charge in [0.25, 0.3) is 0 Å². The minimum atomic E-state index is -0.915. The minimum absolute atomic E-state index is 0.791. The normalized spacial score (nSPS) is 12.2. The van der Waals surface area contributed by atoms with Crippen LogP contribution < -0.4 is 5.32 Å². The fourth-order valence-electron chi connectivity index (χ4n) is 2.37. The van der Waals surface area contributed by atoms with Crippen molar-refractivity contribution in [3.63, 3.8) is 0 Å². The first-order chi connectivity index (χ1) is 11.2. The zero-order valence-corrected chi connectivity index (χ0v) is 13.8. The maximum absolute atomic E-state index is 11.4. The molecule has 0 amide bonds. The summed E-state index contributed by atoms with van der Waals surface area (Å²) in [4.78, 5) is 0.864. The minimum Gasteiger partial charge on any atom is -0.309 e. The van der Waals surface area contributed by atoms with Crippen LogP contribution in [0, 0.1) is 0 Å². The van der Waals surface area contributed by atoms with Gasteiger partial charge in [-0.1, -0.05) is 36.4 Å². The van der Waals surface area contributed by atoms with E-state index in [1.54, 1.807) is 12.5 Å². The van der Waals surface area contributed by atoms with Crippen molar-refractivity contribution in [1.82, 2.24) is 15.5 Å². The quantitative estimate of drug-likeness (QED) is 0.732. The van der Waals surface area contributed by atoms with E-state index >= 15 is 0 Å². The van der Waals surface area contributed by atoms with Gasteiger partial charge in [-0.05, 0) is 34.9 Å². The van der Waals surface area contributed by atoms with Gasteiger partial charge in [0.05, 0.1) is 5.69 Å². The molecule has 0 fully saturated rings. The molecular formula is C18H19N3OS. The molecule has 1 heterocycles. The van der Waals surface area contributed by atoms with Crippen LogP contribution in [0.5, 0.6) is 0 Å². The Bertz CT molecular complexity index is 765. The van der Waals surface area contributed by atoms with Crippen LogP contribution in [0.2, 0.25) is 0 Å². The third-order valence-corrected chi connectivity index (χ3v) is 4.62. The zero-order valence-electron chi connectivity index (χ0n) is 13.0. The van der Waals surface area contributed by atoms with Crippen molar-refractivity contribution in [3.8, 4) is 11.3 Å². The largest absolute Gasteiger partial charge is 0.309 e. The molecule has 0 aliphatic heterocycles. The molecule has 1 unspecified atom stereocenters. The van der Waals surface area contributed by atoms with Gasteiger partial charge in [0.15, 0.2) is 0 Å². The molecule has 0 aliphatic rings. The van der Waals surface area contributed by atoms with Crippen molar-refractivity contribution in [1.29, 1.82) is 0 Å². The first kappa shape index (κ1) is 15.6. The summed E-state index contributed by atoms with van der Waals surface area (Å²) in [6, 6.07) is 18.3. The van der Waals surface area contributed by atoms with E-state index in [-0.39, 0.29) is 0 Å². The van der Waals surface area contributed by atoms with Crippen molar-refractivity contribution in [2.75, 3.05) is 6.26 Å². The Morgan fingerprint density at radius 1 is 0.957 bits per heavy atom. The summed E-state index contributed by atoms with van der Waals surface area (Å²) in [5.74, 6) is 0. The predicted octanol–water partition coefficient (Wildman–Crippen LogP) is 3.10. The van der Waals surface area contributed by atoms with Gasteiger partial charge in [0.1, 0.15) is 0 Å². The summed E-state index contributed by atoms with van der Waals surface area (Å²) in [7, 11) is -0.915. The molecule has 3 aromatic rings. The fraction of sp³-hybridized carbons (Fsp3) is 0.167. The zero-order chi connectivity index (χ0) is 16.1. The number of aromatic amines is 1. The molecule has 0 saturated carbocycles. The molecule has 5 heteroatoms. The summed E-state index contributed by atoms with van der Waals surface area (Å²) in [5.41, 5.74) is 4.58. The second-order valence-corrected chi connectivity index (χ2v) is 6.75. The molecule has 0 aliphatic carbocycles. The van der Waals surface area contributed by atoms with E-state index in [1.165, 1.54) is 11.1 Å². The van der Waals surface area contributed by atoms with Gasteiger partial charge in [-0.2, -0.15) is 5.10 Å². The van der Waals surface area contributed by atoms with Gasteiger partial charge in [0, 0.05) is 41.2 Å². The second kappa shape index (κ2) is 7.35. The van der Waals surface area contributed by atoms with Gasteiger partial charge in [-0.25, -0.2) is 0 Å². The average Bonchev–Trinajstić information content (AvgIpc) is 3.10. The molecule has 118 valence electrons. The van der Waals surface area contributed by atoms with Gasteiger partial charge >= 0.3 is 0 Å². The van der Waals surface area contributed by atoms with Crippen LogP contribution in [0.25, 0.3) is 11.3 Å². The Morgan fingerprint density at radius 3 is 2.09 bits per heavy atom. The van der Waals surface area contributed by atoms with Gasteiger partial charge in [-0.15, -0.1) is 0 Å². The molecule has 23 heavy (non-hydrogen) atoms. The number of H-pyrrole nitrogens is 1. The molecule has 0 spiro atoms.